The monoisotopic (exact) mass is 1830 g/mol. The largest absolute Gasteiger partial charge is 0.481 e. The van der Waals surface area contributed by atoms with Gasteiger partial charge >= 0.3 is 23.9 Å². The number of aliphatic carboxylic acids is 4. The summed E-state index contributed by atoms with van der Waals surface area (Å²) in [5, 5.41) is 86.1. The maximum Gasteiger partial charge on any atom is 0.305 e. The van der Waals surface area contributed by atoms with E-state index in [0.29, 0.717) is 38.6 Å². The number of fused-ring (bicyclic) bond motifs is 6. The summed E-state index contributed by atoms with van der Waals surface area (Å²) < 4.78 is 0. The Balaban J connectivity index is 1.56. The predicted octanol–water partition coefficient (Wildman–Crippen LogP) is -3.92. The van der Waals surface area contributed by atoms with Crippen molar-refractivity contribution in [3.63, 3.8) is 0 Å². The molecule has 45 heteroatoms. The van der Waals surface area contributed by atoms with Gasteiger partial charge in [0.25, 0.3) is 0 Å². The SMILES string of the molecule is CC(O)C[C@@H]1NC(=O)[C@H](Cc2ccccc2)NC(=O)[C@H](CC(=O)O)NC(=O)[C@H](CCC(=O)O)NC(=O)[C@H]2CSCc3cc(cc(c3)CSC[C@H](NC(=O)[C@H](C)N)C(=O)N[C@H](C)C(=O)N[C@@H](CC(N)=O)C(=O)N[C@@H](CCC(=O)O)C(=O)N[C@@H](Cc3cccc4ccccc34)C(=O)N[C@H](C)C(=O)N2)CSC[C@@H](C(N)=O)NC(=O)[C@H](C(C)(C)C)NC(=O)[C@H](CC(=O)O)NC1=O. The first kappa shape index (κ1) is 103. The molecule has 0 aliphatic carbocycles. The molecule has 0 saturated heterocycles. The highest BCUT2D eigenvalue weighted by molar-refractivity contribution is 7.99. The molecule has 4 bridgehead atoms. The van der Waals surface area contributed by atoms with Crippen LogP contribution < -0.4 is 91.6 Å². The Bertz CT molecular complexity index is 4730. The van der Waals surface area contributed by atoms with Gasteiger partial charge in [0.15, 0.2) is 0 Å². The average molecular weight is 1830 g/mol. The molecule has 4 aromatic carbocycles. The number of nitrogens with two attached hydrogens (primary N) is 3. The number of carboxylic acid groups (broad SMARTS) is 4. The number of aliphatic hydroxyl groups is 1. The summed E-state index contributed by atoms with van der Waals surface area (Å²) in [6, 6.07) is -2.17. The number of carbonyl (C=O) groups excluding carboxylic acids is 16. The molecule has 4 aromatic rings. The van der Waals surface area contributed by atoms with E-state index >= 15 is 9.59 Å². The lowest BCUT2D eigenvalue weighted by Gasteiger charge is -2.33. The molecule has 0 fully saturated rings. The summed E-state index contributed by atoms with van der Waals surface area (Å²) in [5.41, 5.74) is 18.3. The standard InChI is InChI=1S/C82H109N17O25S3/c1-39(100)24-52-74(117)95-57(32-65(108)109)78(121)99-66(82(5,6)7)81(124)96-58(67(85)110)36-125-33-44-25-45-27-46(26-44)35-127-38-60(80(123)89-51(21-23-63(104)105)72(115)94-56(31-64(106)107)77(120)92-53(75(118)91-52)28-43-14-9-8-10-15-43)98-70(113)42(4)86-73(116)54(29-48-18-13-17-47-16-11-12-19-49(47)48)93-71(114)50(20-22-62(102)103)88-76(119)55(30-61(84)101)90-69(112)41(3)87-79(122)59(37-126-34-45)97-68(111)40(2)83/h8-19,25-27,39-42,50-60,66,100H,20-24,28-38,83H2,1-7H3,(H2,84,101)(H2,85,110)(H,86,116)(H,87,122)(H,88,119)(H,89,123)(H,90,112)(H,91,118)(H,92,120)(H,93,114)(H,94,115)(H,95,117)(H,96,124)(H,97,111)(H,98,113)(H,99,121)(H,102,103)(H,104,105)(H,106,107)(H,108,109)/t39?,40-,41+,42+,50-,51-,52-,53-,54-,55-,56-,57-,58-,59-,60+,66+/m0/s1. The van der Waals surface area contributed by atoms with Gasteiger partial charge in [-0.2, -0.15) is 35.3 Å². The third-order valence-electron chi connectivity index (χ3n) is 19.7. The van der Waals surface area contributed by atoms with E-state index in [0.717, 1.165) is 42.2 Å². The van der Waals surface area contributed by atoms with Gasteiger partial charge in [-0.1, -0.05) is 112 Å². The van der Waals surface area contributed by atoms with Crippen molar-refractivity contribution in [2.45, 2.75) is 227 Å². The molecule has 0 spiro atoms. The molecule has 690 valence electrons. The molecule has 2 aliphatic rings. The third-order valence-corrected chi connectivity index (χ3v) is 23.0. The lowest BCUT2D eigenvalue weighted by Crippen LogP contribution is -2.62. The van der Waals surface area contributed by atoms with Crippen LogP contribution in [-0.2, 0) is 126 Å². The smallest absolute Gasteiger partial charge is 0.305 e. The van der Waals surface area contributed by atoms with Crippen LogP contribution in [0.5, 0.6) is 0 Å². The quantitative estimate of drug-likeness (QED) is 0.0379. The molecule has 2 heterocycles. The van der Waals surface area contributed by atoms with Crippen molar-refractivity contribution in [2.24, 2.45) is 22.6 Å². The van der Waals surface area contributed by atoms with Crippen LogP contribution >= 0.6 is 35.3 Å². The van der Waals surface area contributed by atoms with Gasteiger partial charge in [0, 0.05) is 66.6 Å². The van der Waals surface area contributed by atoms with Crippen LogP contribution in [0.25, 0.3) is 10.8 Å². The van der Waals surface area contributed by atoms with E-state index in [9.17, 15) is 112 Å². The van der Waals surface area contributed by atoms with E-state index in [2.05, 4.69) is 74.4 Å². The lowest BCUT2D eigenvalue weighted by atomic mass is 9.85. The number of rotatable bonds is 21. The molecule has 6 rings (SSSR count). The van der Waals surface area contributed by atoms with E-state index < -0.39 is 290 Å². The van der Waals surface area contributed by atoms with Crippen molar-refractivity contribution in [3.8, 4) is 0 Å². The molecule has 42 nitrogen and oxygen atoms in total. The van der Waals surface area contributed by atoms with Crippen molar-refractivity contribution in [1.82, 2.24) is 74.4 Å². The summed E-state index contributed by atoms with van der Waals surface area (Å²) in [4.78, 5) is 280. The molecule has 2 aliphatic heterocycles. The van der Waals surface area contributed by atoms with Crippen LogP contribution in [0.1, 0.15) is 128 Å². The minimum absolute atomic E-state index is 0.00927. The van der Waals surface area contributed by atoms with Crippen LogP contribution in [0.15, 0.2) is 91.0 Å². The topological polar surface area (TPSA) is 689 Å². The summed E-state index contributed by atoms with van der Waals surface area (Å²) in [6.07, 6.45) is -9.63. The zero-order valence-corrected chi connectivity index (χ0v) is 73.0. The molecular formula is C82H109N17O25S3. The van der Waals surface area contributed by atoms with Crippen LogP contribution in [0.3, 0.4) is 0 Å². The van der Waals surface area contributed by atoms with Crippen molar-refractivity contribution in [3.05, 3.63) is 119 Å². The minimum Gasteiger partial charge on any atom is -0.481 e. The first-order chi connectivity index (χ1) is 59.7. The van der Waals surface area contributed by atoms with Gasteiger partial charge in [-0.25, -0.2) is 0 Å². The number of aliphatic hydroxyl groups excluding tert-OH is 1. The first-order valence-electron chi connectivity index (χ1n) is 40.2. The summed E-state index contributed by atoms with van der Waals surface area (Å²) in [5.74, 6) is -26.5. The van der Waals surface area contributed by atoms with Gasteiger partial charge in [0.2, 0.25) is 94.5 Å². The maximum absolute atomic E-state index is 15.3. The fourth-order valence-corrected chi connectivity index (χ4v) is 16.0. The highest BCUT2D eigenvalue weighted by atomic mass is 32.2. The second-order valence-corrected chi connectivity index (χ2v) is 34.8. The van der Waals surface area contributed by atoms with Crippen LogP contribution in [0, 0.1) is 5.41 Å². The van der Waals surface area contributed by atoms with E-state index in [1.165, 1.54) is 65.8 Å². The van der Waals surface area contributed by atoms with E-state index in [1.807, 2.05) is 0 Å². The highest BCUT2D eigenvalue weighted by Crippen LogP contribution is 2.27. The van der Waals surface area contributed by atoms with Crippen LogP contribution in [0.2, 0.25) is 0 Å². The van der Waals surface area contributed by atoms with Crippen molar-refractivity contribution in [1.29, 1.82) is 0 Å². The zero-order chi connectivity index (χ0) is 94.3. The van der Waals surface area contributed by atoms with Crippen LogP contribution in [0.4, 0.5) is 0 Å². The van der Waals surface area contributed by atoms with Crippen molar-refractivity contribution >= 4 is 164 Å². The van der Waals surface area contributed by atoms with Gasteiger partial charge < -0.3 is 117 Å². The summed E-state index contributed by atoms with van der Waals surface area (Å²) >= 11 is 3.05. The molecule has 0 radical (unpaired) electrons. The number of carboxylic acids is 4. The molecule has 127 heavy (non-hydrogen) atoms. The highest BCUT2D eigenvalue weighted by Gasteiger charge is 2.42. The first-order valence-corrected chi connectivity index (χ1v) is 43.7. The molecular weight excluding hydrogens is 1720 g/mol. The number of benzene rings is 4. The zero-order valence-electron chi connectivity index (χ0n) is 70.6. The van der Waals surface area contributed by atoms with Gasteiger partial charge in [-0.15, -0.1) is 0 Å². The molecule has 0 saturated carbocycles. The van der Waals surface area contributed by atoms with Gasteiger partial charge in [0.1, 0.15) is 84.6 Å². The predicted molar refractivity (Wildman–Crippen MR) is 462 cm³/mol. The number of thioether (sulfide) groups is 3. The number of hydrogen-bond acceptors (Lipinski definition) is 25. The fourth-order valence-electron chi connectivity index (χ4n) is 13.1. The Morgan fingerprint density at radius 2 is 0.858 bits per heavy atom. The maximum atomic E-state index is 15.3. The second-order valence-electron chi connectivity index (χ2n) is 31.7. The van der Waals surface area contributed by atoms with E-state index in [1.54, 1.807) is 66.7 Å². The summed E-state index contributed by atoms with van der Waals surface area (Å²) in [6.45, 7) is 9.35. The number of hydrogen-bond donors (Lipinski definition) is 22. The molecule has 1 unspecified atom stereocenters. The Kier molecular flexibility index (Phi) is 40.2. The number of amides is 16. The number of carbonyl (C=O) groups is 20. The minimum atomic E-state index is -2.22. The van der Waals surface area contributed by atoms with Gasteiger partial charge in [-0.05, 0) is 84.5 Å². The Morgan fingerprint density at radius 3 is 1.37 bits per heavy atom. The van der Waals surface area contributed by atoms with Gasteiger partial charge in [-0.3, -0.25) is 95.9 Å². The fraction of sp³-hybridized carbons (Fsp3) is 0.488. The van der Waals surface area contributed by atoms with E-state index in [4.69, 9.17) is 17.2 Å². The Labute approximate surface area is 741 Å². The number of nitrogens with one attached hydrogen (secondary N) is 14. The van der Waals surface area contributed by atoms with Gasteiger partial charge in [0.05, 0.1) is 31.4 Å². The molecule has 16 atom stereocenters. The second kappa shape index (κ2) is 49.4. The third kappa shape index (κ3) is 34.4. The van der Waals surface area contributed by atoms with E-state index in [-0.39, 0.29) is 28.8 Å². The number of primary amides is 2. The molecule has 16 amide bonds. The van der Waals surface area contributed by atoms with Crippen molar-refractivity contribution < 1.29 is 121 Å². The average Bonchev–Trinajstić information content (AvgIpc) is 0.845. The molecule has 25 N–H and O–H groups in total. The van der Waals surface area contributed by atoms with Crippen molar-refractivity contribution in [2.75, 3.05) is 17.3 Å². The Morgan fingerprint density at radius 1 is 0.441 bits per heavy atom. The normalized spacial score (nSPS) is 24.7. The Hall–Kier alpha value is -12.5. The van der Waals surface area contributed by atoms with Crippen LogP contribution in [-0.4, -0.2) is 258 Å². The molecule has 0 aromatic heterocycles. The lowest BCUT2D eigenvalue weighted by molar-refractivity contribution is -0.143. The summed E-state index contributed by atoms with van der Waals surface area (Å²) in [7, 11) is 0.